The summed E-state index contributed by atoms with van der Waals surface area (Å²) in [5.74, 6) is 0.374. The number of rotatable bonds is 7. The van der Waals surface area contributed by atoms with Crippen molar-refractivity contribution in [3.63, 3.8) is 0 Å². The van der Waals surface area contributed by atoms with Gasteiger partial charge in [0.25, 0.3) is 5.91 Å². The van der Waals surface area contributed by atoms with E-state index in [-0.39, 0.29) is 24.8 Å². The second kappa shape index (κ2) is 8.79. The van der Waals surface area contributed by atoms with Crippen LogP contribution in [0.3, 0.4) is 0 Å². The molecule has 1 aliphatic rings. The monoisotopic (exact) mass is 440 g/mol. The number of methoxy groups -OCH3 is 2. The van der Waals surface area contributed by atoms with Crippen LogP contribution in [0.4, 0.5) is 11.5 Å². The zero-order valence-electron chi connectivity index (χ0n) is 17.0. The van der Waals surface area contributed by atoms with Crippen molar-refractivity contribution in [2.24, 2.45) is 0 Å². The molecule has 1 aromatic heterocycles. The summed E-state index contributed by atoms with van der Waals surface area (Å²) in [5.41, 5.74) is 2.81. The molecule has 0 spiro atoms. The number of carbonyl (C=O) groups excluding carboxylic acids is 2. The summed E-state index contributed by atoms with van der Waals surface area (Å²) in [6, 6.07) is 13.8. The summed E-state index contributed by atoms with van der Waals surface area (Å²) in [6.07, 6.45) is -0.100. The SMILES string of the molecule is COCc1nn2c(c1-c1ccccc1)NC(=O)[C@@H]2CC(=O)Nc1cc(Cl)ccc1OC. The molecule has 4 rings (SSSR count). The molecule has 2 heterocycles. The zero-order chi connectivity index (χ0) is 22.0. The van der Waals surface area contributed by atoms with E-state index in [1.807, 2.05) is 30.3 Å². The predicted octanol–water partition coefficient (Wildman–Crippen LogP) is 3.88. The highest BCUT2D eigenvalue weighted by atomic mass is 35.5. The molecule has 0 saturated carbocycles. The summed E-state index contributed by atoms with van der Waals surface area (Å²) in [5, 5.41) is 10.7. The van der Waals surface area contributed by atoms with E-state index in [9.17, 15) is 9.59 Å². The van der Waals surface area contributed by atoms with E-state index >= 15 is 0 Å². The molecule has 0 saturated heterocycles. The minimum atomic E-state index is -0.784. The van der Waals surface area contributed by atoms with Gasteiger partial charge in [0, 0.05) is 17.7 Å². The Balaban J connectivity index is 1.62. The average Bonchev–Trinajstić information content (AvgIpc) is 3.24. The van der Waals surface area contributed by atoms with Gasteiger partial charge in [0.05, 0.1) is 31.5 Å². The molecule has 1 aliphatic heterocycles. The van der Waals surface area contributed by atoms with Gasteiger partial charge in [-0.2, -0.15) is 5.10 Å². The second-order valence-electron chi connectivity index (χ2n) is 7.02. The van der Waals surface area contributed by atoms with Crippen LogP contribution < -0.4 is 15.4 Å². The Kier molecular flexibility index (Phi) is 5.92. The number of nitrogens with zero attached hydrogens (tertiary/aromatic N) is 2. The lowest BCUT2D eigenvalue weighted by molar-refractivity contribution is -0.123. The highest BCUT2D eigenvalue weighted by Crippen LogP contribution is 2.39. The van der Waals surface area contributed by atoms with Crippen LogP contribution >= 0.6 is 11.6 Å². The summed E-state index contributed by atoms with van der Waals surface area (Å²) in [4.78, 5) is 25.4. The van der Waals surface area contributed by atoms with Crippen LogP contribution in [0.15, 0.2) is 48.5 Å². The van der Waals surface area contributed by atoms with Gasteiger partial charge in [0.15, 0.2) is 0 Å². The molecular weight excluding hydrogens is 420 g/mol. The van der Waals surface area contributed by atoms with E-state index in [0.29, 0.717) is 28.0 Å². The molecule has 3 aromatic rings. The Labute approximate surface area is 184 Å². The predicted molar refractivity (Wildman–Crippen MR) is 117 cm³/mol. The van der Waals surface area contributed by atoms with Crippen LogP contribution in [0.2, 0.25) is 5.02 Å². The van der Waals surface area contributed by atoms with E-state index in [1.54, 1.807) is 30.0 Å². The first-order chi connectivity index (χ1) is 15.0. The van der Waals surface area contributed by atoms with Crippen LogP contribution in [0, 0.1) is 0 Å². The van der Waals surface area contributed by atoms with Gasteiger partial charge in [-0.1, -0.05) is 41.9 Å². The number of aromatic nitrogens is 2. The maximum atomic E-state index is 12.7. The fourth-order valence-corrected chi connectivity index (χ4v) is 3.79. The molecule has 0 unspecified atom stereocenters. The van der Waals surface area contributed by atoms with Gasteiger partial charge in [-0.25, -0.2) is 4.68 Å². The summed E-state index contributed by atoms with van der Waals surface area (Å²) < 4.78 is 12.1. The Hall–Kier alpha value is -3.36. The fraction of sp³-hybridized carbons (Fsp3) is 0.227. The lowest BCUT2D eigenvalue weighted by Gasteiger charge is -2.13. The van der Waals surface area contributed by atoms with Crippen molar-refractivity contribution in [2.75, 3.05) is 24.9 Å². The molecule has 2 N–H and O–H groups in total. The summed E-state index contributed by atoms with van der Waals surface area (Å²) in [7, 11) is 3.09. The van der Waals surface area contributed by atoms with E-state index in [0.717, 1.165) is 11.1 Å². The molecule has 0 bridgehead atoms. The molecule has 9 heteroatoms. The van der Waals surface area contributed by atoms with Crippen molar-refractivity contribution in [1.82, 2.24) is 9.78 Å². The smallest absolute Gasteiger partial charge is 0.251 e. The van der Waals surface area contributed by atoms with E-state index in [4.69, 9.17) is 21.1 Å². The van der Waals surface area contributed by atoms with Crippen LogP contribution in [0.25, 0.3) is 11.1 Å². The number of anilines is 2. The largest absolute Gasteiger partial charge is 0.495 e. The number of hydrogen-bond donors (Lipinski definition) is 2. The van der Waals surface area contributed by atoms with Crippen molar-refractivity contribution in [3.05, 3.63) is 59.2 Å². The third-order valence-electron chi connectivity index (χ3n) is 4.98. The number of nitrogens with one attached hydrogen (secondary N) is 2. The first-order valence-corrected chi connectivity index (χ1v) is 9.99. The topological polar surface area (TPSA) is 94.5 Å². The third kappa shape index (κ3) is 4.12. The van der Waals surface area contributed by atoms with Crippen molar-refractivity contribution < 1.29 is 19.1 Å². The second-order valence-corrected chi connectivity index (χ2v) is 7.45. The number of carbonyl (C=O) groups is 2. The van der Waals surface area contributed by atoms with Crippen LogP contribution in [-0.2, 0) is 20.9 Å². The number of hydrogen-bond acceptors (Lipinski definition) is 5. The number of benzene rings is 2. The maximum Gasteiger partial charge on any atom is 0.251 e. The fourth-order valence-electron chi connectivity index (χ4n) is 3.62. The average molecular weight is 441 g/mol. The lowest BCUT2D eigenvalue weighted by atomic mass is 10.1. The normalized spacial score (nSPS) is 14.8. The molecule has 0 aliphatic carbocycles. The Morgan fingerprint density at radius 2 is 2.00 bits per heavy atom. The molecule has 1 atom stereocenters. The van der Waals surface area contributed by atoms with Gasteiger partial charge in [0.2, 0.25) is 5.91 Å². The lowest BCUT2D eigenvalue weighted by Crippen LogP contribution is -2.24. The first kappa shape index (κ1) is 20.9. The minimum Gasteiger partial charge on any atom is -0.495 e. The molecule has 0 radical (unpaired) electrons. The van der Waals surface area contributed by atoms with Crippen LogP contribution in [0.1, 0.15) is 18.2 Å². The van der Waals surface area contributed by atoms with Gasteiger partial charge in [0.1, 0.15) is 17.6 Å². The standard InChI is InChI=1S/C22H21ClN4O4/c1-30-12-16-20(13-6-4-3-5-7-13)21-25-22(29)17(27(21)26-16)11-19(28)24-15-10-14(23)8-9-18(15)31-2/h3-10,17H,11-12H2,1-2H3,(H,24,28)(H,25,29)/t17-/m0/s1. The van der Waals surface area contributed by atoms with E-state index < -0.39 is 6.04 Å². The summed E-state index contributed by atoms with van der Waals surface area (Å²) in [6.45, 7) is 0.277. The molecule has 8 nitrogen and oxygen atoms in total. The highest BCUT2D eigenvalue weighted by molar-refractivity contribution is 6.31. The summed E-state index contributed by atoms with van der Waals surface area (Å²) >= 11 is 6.03. The van der Waals surface area contributed by atoms with E-state index in [1.165, 1.54) is 7.11 Å². The Bertz CT molecular complexity index is 1130. The van der Waals surface area contributed by atoms with Crippen molar-refractivity contribution in [1.29, 1.82) is 0 Å². The number of halogens is 1. The third-order valence-corrected chi connectivity index (χ3v) is 5.22. The quantitative estimate of drug-likeness (QED) is 0.581. The molecule has 2 amide bonds. The highest BCUT2D eigenvalue weighted by Gasteiger charge is 2.37. The molecule has 160 valence electrons. The van der Waals surface area contributed by atoms with Gasteiger partial charge in [-0.05, 0) is 23.8 Å². The first-order valence-electron chi connectivity index (χ1n) is 9.61. The maximum absolute atomic E-state index is 12.7. The zero-order valence-corrected chi connectivity index (χ0v) is 17.8. The van der Waals surface area contributed by atoms with Crippen molar-refractivity contribution >= 4 is 34.9 Å². The van der Waals surface area contributed by atoms with Gasteiger partial charge in [-0.3, -0.25) is 9.59 Å². The van der Waals surface area contributed by atoms with Crippen LogP contribution in [-0.4, -0.2) is 35.8 Å². The molecule has 2 aromatic carbocycles. The van der Waals surface area contributed by atoms with Crippen LogP contribution in [0.5, 0.6) is 5.75 Å². The minimum absolute atomic E-state index is 0.100. The molecule has 0 fully saturated rings. The molecular formula is C22H21ClN4O4. The van der Waals surface area contributed by atoms with E-state index in [2.05, 4.69) is 15.7 Å². The molecule has 31 heavy (non-hydrogen) atoms. The van der Waals surface area contributed by atoms with Gasteiger partial charge in [-0.15, -0.1) is 0 Å². The number of amides is 2. The van der Waals surface area contributed by atoms with Gasteiger partial charge < -0.3 is 20.1 Å². The van der Waals surface area contributed by atoms with Crippen molar-refractivity contribution in [2.45, 2.75) is 19.1 Å². The Morgan fingerprint density at radius 3 is 2.71 bits per heavy atom. The number of ether oxygens (including phenoxy) is 2. The Morgan fingerprint density at radius 1 is 1.23 bits per heavy atom. The van der Waals surface area contributed by atoms with Gasteiger partial charge >= 0.3 is 0 Å². The van der Waals surface area contributed by atoms with Crippen molar-refractivity contribution in [3.8, 4) is 16.9 Å². The number of fused-ring (bicyclic) bond motifs is 1.